The van der Waals surface area contributed by atoms with E-state index in [0.29, 0.717) is 34.0 Å². The van der Waals surface area contributed by atoms with Crippen LogP contribution in [0.5, 0.6) is 0 Å². The Balaban J connectivity index is 1.42. The molecule has 28 heavy (non-hydrogen) atoms. The van der Waals surface area contributed by atoms with Gasteiger partial charge in [0.05, 0.1) is 11.2 Å². The average Bonchev–Trinajstić information content (AvgIpc) is 3.39. The molecule has 2 N–H and O–H groups in total. The third kappa shape index (κ3) is 3.21. The Bertz CT molecular complexity index is 1260. The molecule has 1 aromatic carbocycles. The summed E-state index contributed by atoms with van der Waals surface area (Å²) >= 11 is 5.87. The molecule has 4 aromatic heterocycles. The number of hydrogen-bond acceptors (Lipinski definition) is 5. The van der Waals surface area contributed by atoms with E-state index in [1.807, 2.05) is 48.7 Å². The van der Waals surface area contributed by atoms with Crippen LogP contribution in [0.2, 0.25) is 5.02 Å². The van der Waals surface area contributed by atoms with Crippen molar-refractivity contribution >= 4 is 34.1 Å². The van der Waals surface area contributed by atoms with Crippen LogP contribution in [-0.4, -0.2) is 19.9 Å². The number of rotatable bonds is 4. The number of benzene rings is 1. The maximum absolute atomic E-state index is 5.96. The summed E-state index contributed by atoms with van der Waals surface area (Å²) in [5.41, 5.74) is 2.67. The molecule has 0 amide bonds. The maximum Gasteiger partial charge on any atom is 0.226 e. The van der Waals surface area contributed by atoms with Crippen molar-refractivity contribution in [2.45, 2.75) is 0 Å². The van der Waals surface area contributed by atoms with Crippen molar-refractivity contribution in [2.75, 3.05) is 5.32 Å². The quantitative estimate of drug-likeness (QED) is 0.415. The molecule has 0 fully saturated rings. The Morgan fingerprint density at radius 1 is 0.929 bits per heavy atom. The number of halogens is 1. The predicted molar refractivity (Wildman–Crippen MR) is 110 cm³/mol. The van der Waals surface area contributed by atoms with E-state index in [-0.39, 0.29) is 0 Å². The number of pyridine rings is 2. The van der Waals surface area contributed by atoms with E-state index < -0.39 is 0 Å². The first-order valence-electron chi connectivity index (χ1n) is 8.64. The Kier molecular flexibility index (Phi) is 4.03. The molecule has 0 saturated carbocycles. The minimum absolute atomic E-state index is 0.553. The molecule has 0 saturated heterocycles. The molecule has 6 nitrogen and oxygen atoms in total. The van der Waals surface area contributed by atoms with Gasteiger partial charge in [-0.15, -0.1) is 0 Å². The zero-order valence-corrected chi connectivity index (χ0v) is 15.3. The normalized spacial score (nSPS) is 11.0. The molecule has 5 rings (SSSR count). The number of aromatic amines is 1. The number of nitrogens with zero attached hydrogens (tertiary/aromatic N) is 3. The number of aromatic nitrogens is 4. The van der Waals surface area contributed by atoms with E-state index in [0.717, 1.165) is 16.5 Å². The molecule has 0 radical (unpaired) electrons. The highest BCUT2D eigenvalue weighted by atomic mass is 35.5. The van der Waals surface area contributed by atoms with Crippen LogP contribution in [0.3, 0.4) is 0 Å². The van der Waals surface area contributed by atoms with Crippen LogP contribution in [0, 0.1) is 0 Å². The van der Waals surface area contributed by atoms with Gasteiger partial charge in [0, 0.05) is 28.9 Å². The van der Waals surface area contributed by atoms with E-state index in [2.05, 4.69) is 25.3 Å². The van der Waals surface area contributed by atoms with Gasteiger partial charge in [-0.25, -0.2) is 15.0 Å². The number of nitrogens with one attached hydrogen (secondary N) is 2. The van der Waals surface area contributed by atoms with Gasteiger partial charge < -0.3 is 14.7 Å². The second kappa shape index (κ2) is 6.83. The van der Waals surface area contributed by atoms with Crippen molar-refractivity contribution in [3.05, 3.63) is 78.2 Å². The number of H-pyrrole nitrogens is 1. The topological polar surface area (TPSA) is 79.6 Å². The molecule has 0 unspecified atom stereocenters. The number of fused-ring (bicyclic) bond motifs is 1. The van der Waals surface area contributed by atoms with Crippen molar-refractivity contribution in [3.63, 3.8) is 0 Å². The van der Waals surface area contributed by atoms with E-state index >= 15 is 0 Å². The van der Waals surface area contributed by atoms with Gasteiger partial charge in [-0.1, -0.05) is 17.7 Å². The lowest BCUT2D eigenvalue weighted by atomic mass is 10.1. The summed E-state index contributed by atoms with van der Waals surface area (Å²) in [7, 11) is 0. The fourth-order valence-electron chi connectivity index (χ4n) is 2.93. The van der Waals surface area contributed by atoms with Crippen LogP contribution in [0.1, 0.15) is 0 Å². The van der Waals surface area contributed by atoms with Crippen molar-refractivity contribution < 1.29 is 4.42 Å². The van der Waals surface area contributed by atoms with Crippen LogP contribution in [0.15, 0.2) is 77.6 Å². The predicted octanol–water partition coefficient (Wildman–Crippen LogP) is 5.68. The van der Waals surface area contributed by atoms with Gasteiger partial charge in [0.2, 0.25) is 5.89 Å². The molecule has 4 heterocycles. The summed E-state index contributed by atoms with van der Waals surface area (Å²) in [6, 6.07) is 17.2. The second-order valence-corrected chi connectivity index (χ2v) is 6.64. The Hall–Kier alpha value is -3.64. The lowest BCUT2D eigenvalue weighted by molar-refractivity contribution is 0.587. The smallest absolute Gasteiger partial charge is 0.226 e. The monoisotopic (exact) mass is 387 g/mol. The fraction of sp³-hybridized carbons (Fsp3) is 0. The largest absolute Gasteiger partial charge is 0.434 e. The molecule has 0 aliphatic rings. The van der Waals surface area contributed by atoms with Crippen LogP contribution < -0.4 is 5.32 Å². The lowest BCUT2D eigenvalue weighted by Gasteiger charge is -2.05. The van der Waals surface area contributed by atoms with Gasteiger partial charge in [0.1, 0.15) is 17.3 Å². The van der Waals surface area contributed by atoms with Gasteiger partial charge in [0.25, 0.3) is 0 Å². The number of anilines is 2. The number of hydrogen-bond donors (Lipinski definition) is 2. The van der Waals surface area contributed by atoms with Crippen molar-refractivity contribution in [1.29, 1.82) is 0 Å². The van der Waals surface area contributed by atoms with E-state index in [9.17, 15) is 0 Å². The average molecular weight is 388 g/mol. The van der Waals surface area contributed by atoms with Crippen LogP contribution in [0.4, 0.5) is 11.6 Å². The summed E-state index contributed by atoms with van der Waals surface area (Å²) in [6.07, 6.45) is 5.18. The fourth-order valence-corrected chi connectivity index (χ4v) is 3.05. The summed E-state index contributed by atoms with van der Waals surface area (Å²) in [6.45, 7) is 0. The molecule has 5 aromatic rings. The van der Waals surface area contributed by atoms with Gasteiger partial charge in [-0.3, -0.25) is 0 Å². The summed E-state index contributed by atoms with van der Waals surface area (Å²) in [5.74, 6) is 2.46. The SMILES string of the molecule is Clc1ccc(Nc2cccc(-c3cnc(-c4ccc5[nH]ccc5c4)o3)n2)nc1. The highest BCUT2D eigenvalue weighted by Crippen LogP contribution is 2.28. The van der Waals surface area contributed by atoms with Crippen molar-refractivity contribution in [1.82, 2.24) is 19.9 Å². The molecule has 0 atom stereocenters. The summed E-state index contributed by atoms with van der Waals surface area (Å²) in [4.78, 5) is 16.4. The van der Waals surface area contributed by atoms with Crippen molar-refractivity contribution in [2.24, 2.45) is 0 Å². The minimum Gasteiger partial charge on any atom is -0.434 e. The molecule has 7 heteroatoms. The molecule has 0 spiro atoms. The first-order chi connectivity index (χ1) is 13.7. The standard InChI is InChI=1S/C21H14ClN5O/c22-15-5-7-19(24-11-15)27-20-3-1-2-17(26-20)18-12-25-21(28-18)14-4-6-16-13(10-14)8-9-23-16/h1-12,23H,(H,24,26,27). The molecule has 136 valence electrons. The highest BCUT2D eigenvalue weighted by Gasteiger charge is 2.11. The lowest BCUT2D eigenvalue weighted by Crippen LogP contribution is -1.96. The Labute approximate surface area is 165 Å². The molecular weight excluding hydrogens is 374 g/mol. The van der Waals surface area contributed by atoms with E-state index in [1.54, 1.807) is 24.5 Å². The third-order valence-electron chi connectivity index (χ3n) is 4.29. The van der Waals surface area contributed by atoms with Gasteiger partial charge in [0.15, 0.2) is 5.76 Å². The van der Waals surface area contributed by atoms with Gasteiger partial charge >= 0.3 is 0 Å². The molecular formula is C21H14ClN5O. The van der Waals surface area contributed by atoms with Crippen LogP contribution in [0.25, 0.3) is 33.8 Å². The van der Waals surface area contributed by atoms with Crippen molar-refractivity contribution in [3.8, 4) is 22.9 Å². The van der Waals surface area contributed by atoms with E-state index in [4.69, 9.17) is 16.0 Å². The Morgan fingerprint density at radius 3 is 2.79 bits per heavy atom. The molecule has 0 bridgehead atoms. The zero-order chi connectivity index (χ0) is 18.9. The van der Waals surface area contributed by atoms with E-state index in [1.165, 1.54) is 0 Å². The maximum atomic E-state index is 5.96. The highest BCUT2D eigenvalue weighted by molar-refractivity contribution is 6.30. The zero-order valence-electron chi connectivity index (χ0n) is 14.6. The van der Waals surface area contributed by atoms with Gasteiger partial charge in [-0.05, 0) is 48.5 Å². The first kappa shape index (κ1) is 16.5. The second-order valence-electron chi connectivity index (χ2n) is 6.20. The van der Waals surface area contributed by atoms with Gasteiger partial charge in [-0.2, -0.15) is 0 Å². The third-order valence-corrected chi connectivity index (χ3v) is 4.51. The van der Waals surface area contributed by atoms with Crippen LogP contribution >= 0.6 is 11.6 Å². The Morgan fingerprint density at radius 2 is 1.89 bits per heavy atom. The number of oxazole rings is 1. The molecule has 0 aliphatic carbocycles. The van der Waals surface area contributed by atoms with Crippen LogP contribution in [-0.2, 0) is 0 Å². The first-order valence-corrected chi connectivity index (χ1v) is 9.02. The summed E-state index contributed by atoms with van der Waals surface area (Å²) < 4.78 is 5.96. The molecule has 0 aliphatic heterocycles. The summed E-state index contributed by atoms with van der Waals surface area (Å²) in [5, 5.41) is 4.84. The minimum atomic E-state index is 0.553.